The van der Waals surface area contributed by atoms with E-state index in [0.717, 1.165) is 22.9 Å². The maximum atomic E-state index is 14.3. The van der Waals surface area contributed by atoms with Crippen molar-refractivity contribution >= 4 is 43.7 Å². The molecular formula is C61H35F9N4O. The summed E-state index contributed by atoms with van der Waals surface area (Å²) in [5.74, 6) is 0.846. The van der Waals surface area contributed by atoms with Crippen LogP contribution < -0.4 is 0 Å². The average molecular weight is 1010 g/mol. The van der Waals surface area contributed by atoms with E-state index in [-0.39, 0.29) is 28.6 Å². The van der Waals surface area contributed by atoms with Gasteiger partial charge >= 0.3 is 18.5 Å². The van der Waals surface area contributed by atoms with Crippen LogP contribution in [0.25, 0.3) is 117 Å². The topological polar surface area (TPSA) is 56.7 Å². The van der Waals surface area contributed by atoms with E-state index in [4.69, 9.17) is 19.4 Å². The molecule has 14 heteroatoms. The lowest BCUT2D eigenvalue weighted by atomic mass is 9.97. The van der Waals surface area contributed by atoms with Crippen LogP contribution in [0.2, 0.25) is 0 Å². The molecule has 0 radical (unpaired) electrons. The quantitative estimate of drug-likeness (QED) is 0.149. The molecule has 3 heterocycles. The molecule has 9 aromatic carbocycles. The summed E-state index contributed by atoms with van der Waals surface area (Å²) < 4.78 is 137. The van der Waals surface area contributed by atoms with E-state index in [1.165, 1.54) is 12.1 Å². The van der Waals surface area contributed by atoms with Gasteiger partial charge in [-0.15, -0.1) is 0 Å². The third kappa shape index (κ3) is 8.61. The molecule has 0 saturated heterocycles. The SMILES string of the molecule is Cc1cc(-c2ccc3c4ccc(-c5cc(C(F)(F)F)cc(C(F)(F)F)c5)cc4n(-c4ccc(-c5cccc6c5oc5ccccc56)cc4-c4nc(-c5ccccc5)nc(-c5ccccc5)n4)c3c2)cc(C(F)(F)F)c1. The third-order valence-corrected chi connectivity index (χ3v) is 13.3. The smallest absolute Gasteiger partial charge is 0.416 e. The Kier molecular flexibility index (Phi) is 11.0. The first kappa shape index (κ1) is 47.0. The van der Waals surface area contributed by atoms with Gasteiger partial charge in [0.2, 0.25) is 0 Å². The maximum Gasteiger partial charge on any atom is 0.416 e. The molecule has 0 aliphatic heterocycles. The van der Waals surface area contributed by atoms with Crippen LogP contribution in [0.1, 0.15) is 22.3 Å². The molecule has 368 valence electrons. The van der Waals surface area contributed by atoms with E-state index in [1.807, 2.05) is 121 Å². The van der Waals surface area contributed by atoms with Gasteiger partial charge in [-0.05, 0) is 101 Å². The normalized spacial score (nSPS) is 12.4. The van der Waals surface area contributed by atoms with Gasteiger partial charge in [-0.3, -0.25) is 0 Å². The van der Waals surface area contributed by atoms with Gasteiger partial charge in [0.15, 0.2) is 17.5 Å². The Balaban J connectivity index is 1.19. The highest BCUT2D eigenvalue weighted by atomic mass is 19.4. The number of aryl methyl sites for hydroxylation is 1. The molecule has 0 unspecified atom stereocenters. The van der Waals surface area contributed by atoms with Crippen LogP contribution in [0.4, 0.5) is 39.5 Å². The third-order valence-electron chi connectivity index (χ3n) is 13.3. The Bertz CT molecular complexity index is 4120. The van der Waals surface area contributed by atoms with Crippen molar-refractivity contribution in [3.63, 3.8) is 0 Å². The van der Waals surface area contributed by atoms with E-state index in [9.17, 15) is 39.5 Å². The van der Waals surface area contributed by atoms with Gasteiger partial charge in [-0.1, -0.05) is 133 Å². The van der Waals surface area contributed by atoms with Crippen LogP contribution in [-0.2, 0) is 18.5 Å². The van der Waals surface area contributed by atoms with Crippen LogP contribution in [0, 0.1) is 6.92 Å². The number of hydrogen-bond donors (Lipinski definition) is 0. The highest BCUT2D eigenvalue weighted by Crippen LogP contribution is 2.45. The Labute approximate surface area is 420 Å². The summed E-state index contributed by atoms with van der Waals surface area (Å²) in [6.07, 6.45) is -14.9. The van der Waals surface area contributed by atoms with E-state index < -0.39 is 35.2 Å². The molecule has 5 nitrogen and oxygen atoms in total. The molecule has 3 aromatic heterocycles. The molecule has 0 spiro atoms. The van der Waals surface area contributed by atoms with Gasteiger partial charge in [-0.25, -0.2) is 15.0 Å². The van der Waals surface area contributed by atoms with Crippen LogP contribution in [0.5, 0.6) is 0 Å². The lowest BCUT2D eigenvalue weighted by Gasteiger charge is -2.17. The minimum atomic E-state index is -5.11. The Hall–Kier alpha value is -9.04. The van der Waals surface area contributed by atoms with Crippen molar-refractivity contribution in [2.24, 2.45) is 0 Å². The average Bonchev–Trinajstić information content (AvgIpc) is 3.96. The van der Waals surface area contributed by atoms with E-state index in [2.05, 4.69) is 0 Å². The van der Waals surface area contributed by atoms with Gasteiger partial charge in [-0.2, -0.15) is 39.5 Å². The van der Waals surface area contributed by atoms with Crippen molar-refractivity contribution in [2.75, 3.05) is 0 Å². The molecule has 0 atom stereocenters. The molecular weight excluding hydrogens is 976 g/mol. The molecule has 0 amide bonds. The van der Waals surface area contributed by atoms with Gasteiger partial charge in [0.25, 0.3) is 0 Å². The first-order valence-corrected chi connectivity index (χ1v) is 23.4. The Morgan fingerprint density at radius 2 is 0.853 bits per heavy atom. The monoisotopic (exact) mass is 1010 g/mol. The molecule has 12 rings (SSSR count). The fraction of sp³-hybridized carbons (Fsp3) is 0.0656. The number of fused-ring (bicyclic) bond motifs is 6. The number of benzene rings is 9. The van der Waals surface area contributed by atoms with E-state index >= 15 is 0 Å². The summed E-state index contributed by atoms with van der Waals surface area (Å²) >= 11 is 0. The number of furan rings is 1. The molecule has 0 bridgehead atoms. The number of nitrogens with zero attached hydrogens (tertiary/aromatic N) is 4. The number of hydrogen-bond acceptors (Lipinski definition) is 4. The zero-order chi connectivity index (χ0) is 52.0. The first-order chi connectivity index (χ1) is 35.9. The number of rotatable bonds is 7. The second kappa shape index (κ2) is 17.6. The summed E-state index contributed by atoms with van der Waals surface area (Å²) in [4.78, 5) is 15.2. The summed E-state index contributed by atoms with van der Waals surface area (Å²) in [6.45, 7) is 1.57. The second-order valence-electron chi connectivity index (χ2n) is 18.2. The highest BCUT2D eigenvalue weighted by Gasteiger charge is 2.37. The molecule has 0 fully saturated rings. The van der Waals surface area contributed by atoms with E-state index in [1.54, 1.807) is 41.8 Å². The highest BCUT2D eigenvalue weighted by molar-refractivity contribution is 6.12. The zero-order valence-electron chi connectivity index (χ0n) is 39.1. The fourth-order valence-electron chi connectivity index (χ4n) is 9.85. The molecule has 75 heavy (non-hydrogen) atoms. The van der Waals surface area contributed by atoms with Crippen molar-refractivity contribution in [3.8, 4) is 73.2 Å². The summed E-state index contributed by atoms with van der Waals surface area (Å²) in [7, 11) is 0. The Morgan fingerprint density at radius 1 is 0.360 bits per heavy atom. The van der Waals surface area contributed by atoms with Gasteiger partial charge < -0.3 is 8.98 Å². The molecule has 0 aliphatic rings. The van der Waals surface area contributed by atoms with Crippen molar-refractivity contribution in [1.29, 1.82) is 0 Å². The molecule has 0 saturated carbocycles. The summed E-state index contributed by atoms with van der Waals surface area (Å²) in [5, 5.41) is 2.88. The van der Waals surface area contributed by atoms with Gasteiger partial charge in [0.05, 0.1) is 33.4 Å². The van der Waals surface area contributed by atoms with Gasteiger partial charge in [0, 0.05) is 43.8 Å². The summed E-state index contributed by atoms with van der Waals surface area (Å²) in [6, 6.07) is 52.5. The predicted octanol–water partition coefficient (Wildman–Crippen LogP) is 18.2. The van der Waals surface area contributed by atoms with Crippen molar-refractivity contribution in [3.05, 3.63) is 216 Å². The molecule has 12 aromatic rings. The van der Waals surface area contributed by atoms with Crippen molar-refractivity contribution < 1.29 is 43.9 Å². The predicted molar refractivity (Wildman–Crippen MR) is 274 cm³/mol. The Morgan fingerprint density at radius 3 is 1.43 bits per heavy atom. The summed E-state index contributed by atoms with van der Waals surface area (Å²) in [5.41, 5.74) is 2.53. The van der Waals surface area contributed by atoms with Gasteiger partial charge in [0.1, 0.15) is 11.2 Å². The molecule has 0 aliphatic carbocycles. The van der Waals surface area contributed by atoms with E-state index in [0.29, 0.717) is 101 Å². The number of para-hydroxylation sites is 2. The minimum Gasteiger partial charge on any atom is -0.455 e. The number of alkyl halides is 9. The molecule has 0 N–H and O–H groups in total. The van der Waals surface area contributed by atoms with Crippen LogP contribution in [0.15, 0.2) is 199 Å². The van der Waals surface area contributed by atoms with Crippen LogP contribution >= 0.6 is 0 Å². The maximum absolute atomic E-state index is 14.3. The van der Waals surface area contributed by atoms with Crippen LogP contribution in [-0.4, -0.2) is 19.5 Å². The fourth-order valence-corrected chi connectivity index (χ4v) is 9.85. The lowest BCUT2D eigenvalue weighted by molar-refractivity contribution is -0.143. The van der Waals surface area contributed by atoms with Crippen molar-refractivity contribution in [1.82, 2.24) is 19.5 Å². The first-order valence-electron chi connectivity index (χ1n) is 23.4. The largest absolute Gasteiger partial charge is 0.455 e. The second-order valence-corrected chi connectivity index (χ2v) is 18.2. The minimum absolute atomic E-state index is 0.0319. The number of aromatic nitrogens is 4. The zero-order valence-corrected chi connectivity index (χ0v) is 39.1. The lowest BCUT2D eigenvalue weighted by Crippen LogP contribution is -2.11. The van der Waals surface area contributed by atoms with Crippen molar-refractivity contribution in [2.45, 2.75) is 25.5 Å². The van der Waals surface area contributed by atoms with Crippen LogP contribution in [0.3, 0.4) is 0 Å². The number of halogens is 9. The standard InChI is InChI=1S/C61H35F9N4O/c1-34-25-40(27-42(26-34)59(62,63)64)37-19-22-46-47-23-20-38(41-28-43(60(65,66)67)33-44(29-41)61(68,69)70)32-53(47)74(52(46)31-37)51-24-21-39(45-16-10-17-49-48-15-8-9-18-54(48)75-55(45)49)30-50(51)58-72-56(35-11-4-2-5-12-35)71-57(73-58)36-13-6-3-7-14-36/h2-33H,1H3.